The number of nitrogens with one attached hydrogen (secondary N) is 1. The summed E-state index contributed by atoms with van der Waals surface area (Å²) < 4.78 is 0. The number of rotatable bonds is 0. The largest absolute Gasteiger partial charge is 0.302 e. The lowest BCUT2D eigenvalue weighted by atomic mass is 9.75. The first kappa shape index (κ1) is 8.89. The molecule has 1 heterocycles. The van der Waals surface area contributed by atoms with Gasteiger partial charge in [0.25, 0.3) is 0 Å². The highest BCUT2D eigenvalue weighted by molar-refractivity contribution is 8.00. The van der Waals surface area contributed by atoms with Gasteiger partial charge < -0.3 is 5.32 Å². The highest BCUT2D eigenvalue weighted by Crippen LogP contribution is 2.46. The topological polar surface area (TPSA) is 12.0 Å². The van der Waals surface area contributed by atoms with Gasteiger partial charge in [0.05, 0.1) is 4.87 Å². The third-order valence-corrected chi connectivity index (χ3v) is 4.85. The van der Waals surface area contributed by atoms with Crippen molar-refractivity contribution in [2.45, 2.75) is 44.4 Å². The summed E-state index contributed by atoms with van der Waals surface area (Å²) in [7, 11) is 0. The van der Waals surface area contributed by atoms with Crippen molar-refractivity contribution in [1.82, 2.24) is 5.32 Å². The zero-order valence-corrected chi connectivity index (χ0v) is 8.97. The van der Waals surface area contributed by atoms with Crippen LogP contribution in [0, 0.1) is 5.41 Å². The standard InChI is InChI=1S/C10H19NS/c1-9(2)3-5-10(6-4-9)11-7-8-12-10/h11H,3-8H2,1-2H3. The molecule has 1 saturated carbocycles. The van der Waals surface area contributed by atoms with Crippen molar-refractivity contribution in [1.29, 1.82) is 0 Å². The van der Waals surface area contributed by atoms with E-state index in [4.69, 9.17) is 0 Å². The zero-order chi connectivity index (χ0) is 8.66. The normalized spacial score (nSPS) is 32.5. The van der Waals surface area contributed by atoms with Crippen LogP contribution in [0.4, 0.5) is 0 Å². The van der Waals surface area contributed by atoms with Crippen LogP contribution in [0.1, 0.15) is 39.5 Å². The van der Waals surface area contributed by atoms with Crippen molar-refractivity contribution >= 4 is 11.8 Å². The summed E-state index contributed by atoms with van der Waals surface area (Å²) in [4.78, 5) is 0.496. The fourth-order valence-electron chi connectivity index (χ4n) is 2.23. The predicted octanol–water partition coefficient (Wildman–Crippen LogP) is 2.62. The van der Waals surface area contributed by atoms with Crippen LogP contribution in [0.3, 0.4) is 0 Å². The molecule has 2 heteroatoms. The van der Waals surface area contributed by atoms with Crippen molar-refractivity contribution < 1.29 is 0 Å². The van der Waals surface area contributed by atoms with Gasteiger partial charge in [-0.2, -0.15) is 0 Å². The Kier molecular flexibility index (Phi) is 2.16. The average molecular weight is 185 g/mol. The third-order valence-electron chi connectivity index (χ3n) is 3.34. The molecule has 0 aromatic carbocycles. The maximum Gasteiger partial charge on any atom is 0.0646 e. The van der Waals surface area contributed by atoms with Gasteiger partial charge in [0.1, 0.15) is 0 Å². The Morgan fingerprint density at radius 2 is 1.75 bits per heavy atom. The molecule has 1 nitrogen and oxygen atoms in total. The lowest BCUT2D eigenvalue weighted by Gasteiger charge is -2.40. The second-order valence-corrected chi connectivity index (χ2v) is 6.41. The Balaban J connectivity index is 1.97. The quantitative estimate of drug-likeness (QED) is 0.622. The molecule has 1 N–H and O–H groups in total. The highest BCUT2D eigenvalue weighted by atomic mass is 32.2. The molecule has 0 bridgehead atoms. The first-order valence-electron chi connectivity index (χ1n) is 5.01. The fourth-order valence-corrected chi connectivity index (χ4v) is 3.52. The number of hydrogen-bond acceptors (Lipinski definition) is 2. The Labute approximate surface area is 79.7 Å². The molecule has 1 aliphatic heterocycles. The molecule has 0 aromatic rings. The third kappa shape index (κ3) is 1.64. The Morgan fingerprint density at radius 1 is 1.08 bits per heavy atom. The van der Waals surface area contributed by atoms with Crippen LogP contribution in [0.2, 0.25) is 0 Å². The number of hydrogen-bond donors (Lipinski definition) is 1. The predicted molar refractivity (Wildman–Crippen MR) is 55.4 cm³/mol. The van der Waals surface area contributed by atoms with Crippen LogP contribution >= 0.6 is 11.8 Å². The van der Waals surface area contributed by atoms with Gasteiger partial charge >= 0.3 is 0 Å². The highest BCUT2D eigenvalue weighted by Gasteiger charge is 2.40. The van der Waals surface area contributed by atoms with Crippen LogP contribution in [-0.2, 0) is 0 Å². The summed E-state index contributed by atoms with van der Waals surface area (Å²) in [6, 6.07) is 0. The van der Waals surface area contributed by atoms with E-state index in [1.807, 2.05) is 0 Å². The van der Waals surface area contributed by atoms with Gasteiger partial charge in [0.15, 0.2) is 0 Å². The van der Waals surface area contributed by atoms with Crippen LogP contribution in [0.15, 0.2) is 0 Å². The maximum atomic E-state index is 3.67. The Hall–Kier alpha value is 0.310. The molecule has 2 aliphatic rings. The minimum absolute atomic E-state index is 0.496. The van der Waals surface area contributed by atoms with Gasteiger partial charge in [-0.15, -0.1) is 11.8 Å². The van der Waals surface area contributed by atoms with Gasteiger partial charge in [-0.1, -0.05) is 13.8 Å². The van der Waals surface area contributed by atoms with Crippen molar-refractivity contribution in [3.05, 3.63) is 0 Å². The van der Waals surface area contributed by atoms with E-state index >= 15 is 0 Å². The Bertz CT molecular complexity index is 159. The summed E-state index contributed by atoms with van der Waals surface area (Å²) >= 11 is 2.16. The molecule has 2 rings (SSSR count). The molecular formula is C10H19NS. The van der Waals surface area contributed by atoms with Crippen LogP contribution in [-0.4, -0.2) is 17.2 Å². The summed E-state index contributed by atoms with van der Waals surface area (Å²) in [6.45, 7) is 6.03. The molecule has 0 amide bonds. The van der Waals surface area contributed by atoms with Gasteiger partial charge in [-0.05, 0) is 31.1 Å². The summed E-state index contributed by atoms with van der Waals surface area (Å²) in [5.74, 6) is 1.32. The van der Waals surface area contributed by atoms with E-state index < -0.39 is 0 Å². The van der Waals surface area contributed by atoms with Crippen molar-refractivity contribution in [3.8, 4) is 0 Å². The van der Waals surface area contributed by atoms with Crippen LogP contribution in [0.25, 0.3) is 0 Å². The smallest absolute Gasteiger partial charge is 0.0646 e. The van der Waals surface area contributed by atoms with E-state index in [0.29, 0.717) is 10.3 Å². The second kappa shape index (κ2) is 2.91. The summed E-state index contributed by atoms with van der Waals surface area (Å²) in [6.07, 6.45) is 5.55. The van der Waals surface area contributed by atoms with E-state index in [2.05, 4.69) is 30.9 Å². The first-order valence-corrected chi connectivity index (χ1v) is 6.00. The van der Waals surface area contributed by atoms with Gasteiger partial charge in [-0.25, -0.2) is 0 Å². The molecular weight excluding hydrogens is 166 g/mol. The lowest BCUT2D eigenvalue weighted by molar-refractivity contribution is 0.196. The fraction of sp³-hybridized carbons (Fsp3) is 1.00. The molecule has 1 aliphatic carbocycles. The van der Waals surface area contributed by atoms with E-state index in [1.165, 1.54) is 38.0 Å². The van der Waals surface area contributed by atoms with Gasteiger partial charge in [0, 0.05) is 12.3 Å². The lowest BCUT2D eigenvalue weighted by Crippen LogP contribution is -2.42. The molecule has 70 valence electrons. The second-order valence-electron chi connectivity index (χ2n) is 4.93. The Morgan fingerprint density at radius 3 is 2.25 bits per heavy atom. The summed E-state index contributed by atoms with van der Waals surface area (Å²) in [5.41, 5.74) is 0.607. The van der Waals surface area contributed by atoms with Crippen molar-refractivity contribution in [2.75, 3.05) is 12.3 Å². The van der Waals surface area contributed by atoms with E-state index in [9.17, 15) is 0 Å². The molecule has 1 spiro atoms. The maximum absolute atomic E-state index is 3.67. The zero-order valence-electron chi connectivity index (χ0n) is 8.15. The van der Waals surface area contributed by atoms with E-state index in [0.717, 1.165) is 0 Å². The van der Waals surface area contributed by atoms with E-state index in [-0.39, 0.29) is 0 Å². The average Bonchev–Trinajstić information content (AvgIpc) is 2.46. The van der Waals surface area contributed by atoms with Gasteiger partial charge in [0.2, 0.25) is 0 Å². The monoisotopic (exact) mass is 185 g/mol. The SMILES string of the molecule is CC1(C)CCC2(CC1)NCCS2. The van der Waals surface area contributed by atoms with Crippen LogP contribution in [0.5, 0.6) is 0 Å². The summed E-state index contributed by atoms with van der Waals surface area (Å²) in [5, 5.41) is 3.67. The van der Waals surface area contributed by atoms with Crippen molar-refractivity contribution in [2.24, 2.45) is 5.41 Å². The number of thioether (sulfide) groups is 1. The minimum Gasteiger partial charge on any atom is -0.302 e. The van der Waals surface area contributed by atoms with E-state index in [1.54, 1.807) is 0 Å². The minimum atomic E-state index is 0.496. The molecule has 2 fully saturated rings. The molecule has 0 radical (unpaired) electrons. The molecule has 0 aromatic heterocycles. The van der Waals surface area contributed by atoms with Crippen LogP contribution < -0.4 is 5.32 Å². The first-order chi connectivity index (χ1) is 5.62. The molecule has 0 atom stereocenters. The molecule has 12 heavy (non-hydrogen) atoms. The van der Waals surface area contributed by atoms with Crippen molar-refractivity contribution in [3.63, 3.8) is 0 Å². The molecule has 1 saturated heterocycles. The van der Waals surface area contributed by atoms with Gasteiger partial charge in [-0.3, -0.25) is 0 Å². The molecule has 0 unspecified atom stereocenters.